The summed E-state index contributed by atoms with van der Waals surface area (Å²) in [5.41, 5.74) is 9.26. The van der Waals surface area contributed by atoms with E-state index in [1.165, 1.54) is 32.1 Å². The fourth-order valence-electron chi connectivity index (χ4n) is 4.32. The summed E-state index contributed by atoms with van der Waals surface area (Å²) in [5, 5.41) is 0. The van der Waals surface area contributed by atoms with Gasteiger partial charge in [0.15, 0.2) is 11.5 Å². The number of hydrogen-bond acceptors (Lipinski definition) is 3. The molecule has 0 bridgehead atoms. The van der Waals surface area contributed by atoms with Crippen molar-refractivity contribution in [2.75, 3.05) is 13.2 Å². The number of ether oxygens (including phenoxy) is 2. The summed E-state index contributed by atoms with van der Waals surface area (Å²) in [6, 6.07) is 7.97. The molecule has 0 spiro atoms. The van der Waals surface area contributed by atoms with E-state index in [9.17, 15) is 4.79 Å². The van der Waals surface area contributed by atoms with Crippen molar-refractivity contribution in [3.05, 3.63) is 35.5 Å². The number of primary amides is 1. The monoisotopic (exact) mass is 368 g/mol. The molecule has 27 heavy (non-hydrogen) atoms. The smallest absolute Gasteiger partial charge is 0.250 e. The maximum atomic E-state index is 12.0. The topological polar surface area (TPSA) is 66.5 Å². The first kappa shape index (κ1) is 18.0. The Morgan fingerprint density at radius 2 is 1.81 bits per heavy atom. The number of nitrogens with two attached hydrogens (primary N) is 1. The molecule has 2 aromatic rings. The van der Waals surface area contributed by atoms with Crippen LogP contribution in [0.5, 0.6) is 11.5 Å². The van der Waals surface area contributed by atoms with Crippen LogP contribution < -0.4 is 15.2 Å². The third-order valence-corrected chi connectivity index (χ3v) is 5.84. The van der Waals surface area contributed by atoms with Crippen molar-refractivity contribution in [3.63, 3.8) is 0 Å². The first-order valence-electron chi connectivity index (χ1n) is 10.0. The van der Waals surface area contributed by atoms with Crippen molar-refractivity contribution >= 4 is 5.91 Å². The van der Waals surface area contributed by atoms with Gasteiger partial charge in [-0.1, -0.05) is 19.3 Å². The molecule has 5 heteroatoms. The first-order chi connectivity index (χ1) is 13.1. The number of rotatable bonds is 4. The van der Waals surface area contributed by atoms with E-state index >= 15 is 0 Å². The zero-order valence-corrected chi connectivity index (χ0v) is 16.0. The van der Waals surface area contributed by atoms with Crippen LogP contribution in [0, 0.1) is 12.8 Å². The van der Waals surface area contributed by atoms with Crippen molar-refractivity contribution in [2.24, 2.45) is 11.7 Å². The second-order valence-electron chi connectivity index (χ2n) is 7.72. The molecule has 0 radical (unpaired) electrons. The summed E-state index contributed by atoms with van der Waals surface area (Å²) in [5.74, 6) is 1.84. The van der Waals surface area contributed by atoms with Crippen LogP contribution in [0.1, 0.15) is 54.6 Å². The van der Waals surface area contributed by atoms with E-state index in [1.54, 1.807) is 0 Å². The maximum Gasteiger partial charge on any atom is 0.250 e. The van der Waals surface area contributed by atoms with Crippen molar-refractivity contribution in [2.45, 2.75) is 52.0 Å². The zero-order valence-electron chi connectivity index (χ0n) is 16.0. The lowest BCUT2D eigenvalue weighted by Gasteiger charge is -2.24. The van der Waals surface area contributed by atoms with E-state index in [-0.39, 0.29) is 5.91 Å². The SMILES string of the molecule is Cc1c(C(N)=O)cc(-c2ccc3c(c2)OCCCO3)n1CC1CCCCC1. The van der Waals surface area contributed by atoms with Crippen molar-refractivity contribution in [1.82, 2.24) is 4.57 Å². The quantitative estimate of drug-likeness (QED) is 0.875. The summed E-state index contributed by atoms with van der Waals surface area (Å²) in [4.78, 5) is 12.0. The number of benzene rings is 1. The van der Waals surface area contributed by atoms with Crippen molar-refractivity contribution in [3.8, 4) is 22.8 Å². The lowest BCUT2D eigenvalue weighted by atomic mass is 9.89. The maximum absolute atomic E-state index is 12.0. The van der Waals surface area contributed by atoms with Crippen LogP contribution in [0.3, 0.4) is 0 Å². The average Bonchev–Trinajstić information content (AvgIpc) is 2.85. The highest BCUT2D eigenvalue weighted by atomic mass is 16.5. The van der Waals surface area contributed by atoms with Crippen LogP contribution in [0.2, 0.25) is 0 Å². The molecule has 2 N–H and O–H groups in total. The zero-order chi connectivity index (χ0) is 18.8. The molecule has 2 heterocycles. The first-order valence-corrected chi connectivity index (χ1v) is 10.0. The highest BCUT2D eigenvalue weighted by molar-refractivity contribution is 5.95. The molecule has 1 aliphatic carbocycles. The molecule has 1 saturated carbocycles. The predicted octanol–water partition coefficient (Wildman–Crippen LogP) is 4.30. The normalized spacial score (nSPS) is 17.5. The molecule has 144 valence electrons. The molecule has 1 aromatic carbocycles. The number of fused-ring (bicyclic) bond motifs is 1. The number of carbonyl (C=O) groups excluding carboxylic acids is 1. The number of aromatic nitrogens is 1. The number of carbonyl (C=O) groups is 1. The molecule has 1 aliphatic heterocycles. The van der Waals surface area contributed by atoms with Gasteiger partial charge in [-0.25, -0.2) is 0 Å². The van der Waals surface area contributed by atoms with Gasteiger partial charge in [-0.15, -0.1) is 0 Å². The molecule has 2 aliphatic rings. The molecule has 4 rings (SSSR count). The third-order valence-electron chi connectivity index (χ3n) is 5.84. The summed E-state index contributed by atoms with van der Waals surface area (Å²) in [7, 11) is 0. The second-order valence-corrected chi connectivity index (χ2v) is 7.72. The fraction of sp³-hybridized carbons (Fsp3) is 0.500. The molecule has 1 fully saturated rings. The van der Waals surface area contributed by atoms with Crippen LogP contribution >= 0.6 is 0 Å². The van der Waals surface area contributed by atoms with Gasteiger partial charge < -0.3 is 19.8 Å². The molecule has 0 atom stereocenters. The molecule has 0 unspecified atom stereocenters. The van der Waals surface area contributed by atoms with Crippen LogP contribution in [0.4, 0.5) is 0 Å². The van der Waals surface area contributed by atoms with Crippen LogP contribution in [0.15, 0.2) is 24.3 Å². The van der Waals surface area contributed by atoms with E-state index in [1.807, 2.05) is 31.2 Å². The minimum Gasteiger partial charge on any atom is -0.490 e. The highest BCUT2D eigenvalue weighted by Gasteiger charge is 2.22. The van der Waals surface area contributed by atoms with Gasteiger partial charge in [0.05, 0.1) is 18.8 Å². The molecule has 1 amide bonds. The minimum atomic E-state index is -0.370. The van der Waals surface area contributed by atoms with Crippen LogP contribution in [0.25, 0.3) is 11.3 Å². The Hall–Kier alpha value is -2.43. The van der Waals surface area contributed by atoms with Gasteiger partial charge in [-0.3, -0.25) is 4.79 Å². The molecule has 5 nitrogen and oxygen atoms in total. The summed E-state index contributed by atoms with van der Waals surface area (Å²) in [6.45, 7) is 4.26. The van der Waals surface area contributed by atoms with E-state index in [0.29, 0.717) is 24.7 Å². The Bertz CT molecular complexity index is 834. The Kier molecular flexibility index (Phi) is 5.10. The van der Waals surface area contributed by atoms with E-state index < -0.39 is 0 Å². The van der Waals surface area contributed by atoms with Gasteiger partial charge in [0, 0.05) is 29.9 Å². The predicted molar refractivity (Wildman–Crippen MR) is 105 cm³/mol. The number of nitrogens with zero attached hydrogens (tertiary/aromatic N) is 1. The lowest BCUT2D eigenvalue weighted by Crippen LogP contribution is -2.17. The lowest BCUT2D eigenvalue weighted by molar-refractivity contribution is 0.0999. The Morgan fingerprint density at radius 3 is 2.56 bits per heavy atom. The fourth-order valence-corrected chi connectivity index (χ4v) is 4.32. The van der Waals surface area contributed by atoms with Crippen molar-refractivity contribution in [1.29, 1.82) is 0 Å². The highest BCUT2D eigenvalue weighted by Crippen LogP contribution is 2.36. The number of amides is 1. The summed E-state index contributed by atoms with van der Waals surface area (Å²) < 4.78 is 13.9. The molecule has 1 aromatic heterocycles. The standard InChI is InChI=1S/C22H28N2O3/c1-15-18(22(23)25)13-19(24(15)14-16-6-3-2-4-7-16)17-8-9-20-21(12-17)27-11-5-10-26-20/h8-9,12-13,16H,2-7,10-11,14H2,1H3,(H2,23,25). The van der Waals surface area contributed by atoms with Gasteiger partial charge >= 0.3 is 0 Å². The van der Waals surface area contributed by atoms with Crippen LogP contribution in [-0.2, 0) is 6.54 Å². The van der Waals surface area contributed by atoms with E-state index in [2.05, 4.69) is 4.57 Å². The molecular weight excluding hydrogens is 340 g/mol. The Labute approximate surface area is 160 Å². The van der Waals surface area contributed by atoms with Gasteiger partial charge in [0.25, 0.3) is 5.91 Å². The van der Waals surface area contributed by atoms with Gasteiger partial charge in [0.2, 0.25) is 0 Å². The van der Waals surface area contributed by atoms with E-state index in [0.717, 1.165) is 41.4 Å². The summed E-state index contributed by atoms with van der Waals surface area (Å²) in [6.07, 6.45) is 7.32. The average molecular weight is 368 g/mol. The second kappa shape index (κ2) is 7.67. The molecule has 0 saturated heterocycles. The van der Waals surface area contributed by atoms with Crippen molar-refractivity contribution < 1.29 is 14.3 Å². The number of hydrogen-bond donors (Lipinski definition) is 1. The van der Waals surface area contributed by atoms with Crippen LogP contribution in [-0.4, -0.2) is 23.7 Å². The van der Waals surface area contributed by atoms with E-state index in [4.69, 9.17) is 15.2 Å². The largest absolute Gasteiger partial charge is 0.490 e. The third kappa shape index (κ3) is 3.68. The van der Waals surface area contributed by atoms with Gasteiger partial charge in [0.1, 0.15) is 0 Å². The van der Waals surface area contributed by atoms with Gasteiger partial charge in [-0.2, -0.15) is 0 Å². The summed E-state index contributed by atoms with van der Waals surface area (Å²) >= 11 is 0. The van der Waals surface area contributed by atoms with Gasteiger partial charge in [-0.05, 0) is 49.9 Å². The Balaban J connectivity index is 1.73. The minimum absolute atomic E-state index is 0.370. The molecular formula is C22H28N2O3. The Morgan fingerprint density at radius 1 is 1.07 bits per heavy atom.